The van der Waals surface area contributed by atoms with Gasteiger partial charge < -0.3 is 10.1 Å². The number of hydrogen-bond acceptors (Lipinski definition) is 3. The first-order valence-corrected chi connectivity index (χ1v) is 5.93. The highest BCUT2D eigenvalue weighted by Gasteiger charge is 2.09. The summed E-state index contributed by atoms with van der Waals surface area (Å²) in [5.74, 6) is 0.803. The fourth-order valence-electron chi connectivity index (χ4n) is 1.80. The van der Waals surface area contributed by atoms with E-state index >= 15 is 0 Å². The molecule has 3 heteroatoms. The Morgan fingerprint density at radius 1 is 1.38 bits per heavy atom. The molecule has 1 aromatic rings. The fraction of sp³-hybridized carbons (Fsp3) is 0.615. The molecule has 0 radical (unpaired) electrons. The van der Waals surface area contributed by atoms with Crippen molar-refractivity contribution in [1.82, 2.24) is 10.3 Å². The monoisotopic (exact) mass is 222 g/mol. The number of pyridine rings is 1. The number of aromatic nitrogens is 1. The van der Waals surface area contributed by atoms with Crippen molar-refractivity contribution in [2.24, 2.45) is 0 Å². The van der Waals surface area contributed by atoms with Gasteiger partial charge in [0.15, 0.2) is 0 Å². The molecule has 0 fully saturated rings. The van der Waals surface area contributed by atoms with Crippen molar-refractivity contribution in [3.8, 4) is 5.75 Å². The van der Waals surface area contributed by atoms with Crippen LogP contribution < -0.4 is 10.1 Å². The van der Waals surface area contributed by atoms with Crippen LogP contribution >= 0.6 is 0 Å². The summed E-state index contributed by atoms with van der Waals surface area (Å²) in [6.07, 6.45) is 4.16. The van der Waals surface area contributed by atoms with Gasteiger partial charge in [0.1, 0.15) is 5.75 Å². The summed E-state index contributed by atoms with van der Waals surface area (Å²) in [5.41, 5.74) is 1.06. The maximum absolute atomic E-state index is 5.09. The Balaban J connectivity index is 2.55. The summed E-state index contributed by atoms with van der Waals surface area (Å²) in [4.78, 5) is 4.38. The lowest BCUT2D eigenvalue weighted by atomic mass is 10.1. The molecule has 16 heavy (non-hydrogen) atoms. The molecule has 0 spiro atoms. The maximum Gasteiger partial charge on any atom is 0.137 e. The third-order valence-electron chi connectivity index (χ3n) is 2.69. The second-order valence-corrected chi connectivity index (χ2v) is 4.20. The summed E-state index contributed by atoms with van der Waals surface area (Å²) >= 11 is 0. The lowest BCUT2D eigenvalue weighted by Crippen LogP contribution is -2.29. The minimum atomic E-state index is 0.285. The number of nitrogens with one attached hydrogen (secondary N) is 1. The van der Waals surface area contributed by atoms with Gasteiger partial charge in [-0.25, -0.2) is 0 Å². The zero-order chi connectivity index (χ0) is 12.0. The van der Waals surface area contributed by atoms with Crippen molar-refractivity contribution < 1.29 is 4.74 Å². The Morgan fingerprint density at radius 2 is 2.12 bits per heavy atom. The summed E-state index contributed by atoms with van der Waals surface area (Å²) in [6.45, 7) is 6.55. The Kier molecular flexibility index (Phi) is 5.26. The zero-order valence-electron chi connectivity index (χ0n) is 10.7. The minimum Gasteiger partial charge on any atom is -0.495 e. The van der Waals surface area contributed by atoms with Crippen LogP contribution in [0, 0.1) is 0 Å². The molecule has 0 aromatic carbocycles. The molecular formula is C13H22N2O. The number of rotatable bonds is 6. The molecule has 0 amide bonds. The van der Waals surface area contributed by atoms with Crippen LogP contribution in [0.5, 0.6) is 5.75 Å². The minimum absolute atomic E-state index is 0.285. The van der Waals surface area contributed by atoms with E-state index in [0.717, 1.165) is 11.4 Å². The molecule has 0 aliphatic rings. The molecule has 3 nitrogen and oxygen atoms in total. The average Bonchev–Trinajstić information content (AvgIpc) is 2.29. The van der Waals surface area contributed by atoms with Crippen LogP contribution in [0.2, 0.25) is 0 Å². The molecule has 1 N–H and O–H groups in total. The van der Waals surface area contributed by atoms with Crippen molar-refractivity contribution in [3.63, 3.8) is 0 Å². The molecule has 2 atom stereocenters. The standard InChI is InChI=1S/C13H22N2O/c1-5-6-10(2)15-11(3)13-8-7-12(16-4)9-14-13/h7-11,15H,5-6H2,1-4H3. The molecule has 1 aromatic heterocycles. The molecule has 0 aliphatic heterocycles. The molecule has 1 rings (SSSR count). The molecule has 0 saturated heterocycles. The summed E-state index contributed by atoms with van der Waals surface area (Å²) < 4.78 is 5.09. The Bertz CT molecular complexity index is 297. The van der Waals surface area contributed by atoms with Gasteiger partial charge in [-0.3, -0.25) is 4.98 Å². The Morgan fingerprint density at radius 3 is 2.62 bits per heavy atom. The van der Waals surface area contributed by atoms with E-state index in [4.69, 9.17) is 4.74 Å². The average molecular weight is 222 g/mol. The van der Waals surface area contributed by atoms with E-state index in [1.54, 1.807) is 13.3 Å². The van der Waals surface area contributed by atoms with Crippen LogP contribution in [-0.2, 0) is 0 Å². The van der Waals surface area contributed by atoms with Gasteiger partial charge in [0.2, 0.25) is 0 Å². The van der Waals surface area contributed by atoms with E-state index in [0.29, 0.717) is 6.04 Å². The van der Waals surface area contributed by atoms with E-state index in [-0.39, 0.29) is 6.04 Å². The van der Waals surface area contributed by atoms with Crippen molar-refractivity contribution in [2.75, 3.05) is 7.11 Å². The molecule has 2 unspecified atom stereocenters. The van der Waals surface area contributed by atoms with Crippen LogP contribution in [-0.4, -0.2) is 18.1 Å². The third kappa shape index (κ3) is 3.81. The van der Waals surface area contributed by atoms with Crippen LogP contribution in [0.1, 0.15) is 45.3 Å². The topological polar surface area (TPSA) is 34.1 Å². The quantitative estimate of drug-likeness (QED) is 0.803. The third-order valence-corrected chi connectivity index (χ3v) is 2.69. The van der Waals surface area contributed by atoms with Crippen LogP contribution in [0.15, 0.2) is 18.3 Å². The van der Waals surface area contributed by atoms with E-state index in [1.165, 1.54) is 12.8 Å². The largest absolute Gasteiger partial charge is 0.495 e. The molecule has 90 valence electrons. The molecule has 0 aliphatic carbocycles. The van der Waals surface area contributed by atoms with Crippen LogP contribution in [0.25, 0.3) is 0 Å². The molecule has 0 bridgehead atoms. The van der Waals surface area contributed by atoms with Crippen LogP contribution in [0.3, 0.4) is 0 Å². The van der Waals surface area contributed by atoms with E-state index in [9.17, 15) is 0 Å². The highest BCUT2D eigenvalue weighted by molar-refractivity contribution is 5.21. The highest BCUT2D eigenvalue weighted by Crippen LogP contribution is 2.15. The van der Waals surface area contributed by atoms with Crippen molar-refractivity contribution >= 4 is 0 Å². The SMILES string of the molecule is CCCC(C)NC(C)c1ccc(OC)cn1. The van der Waals surface area contributed by atoms with E-state index in [2.05, 4.69) is 31.1 Å². The molecule has 0 saturated carbocycles. The van der Waals surface area contributed by atoms with Gasteiger partial charge in [-0.05, 0) is 32.4 Å². The Labute approximate surface area is 98.2 Å². The van der Waals surface area contributed by atoms with E-state index in [1.807, 2.05) is 12.1 Å². The number of nitrogens with zero attached hydrogens (tertiary/aromatic N) is 1. The van der Waals surface area contributed by atoms with Crippen LogP contribution in [0.4, 0.5) is 0 Å². The zero-order valence-corrected chi connectivity index (χ0v) is 10.7. The van der Waals surface area contributed by atoms with Gasteiger partial charge >= 0.3 is 0 Å². The summed E-state index contributed by atoms with van der Waals surface area (Å²) in [6, 6.07) is 4.77. The van der Waals surface area contributed by atoms with Gasteiger partial charge in [0.25, 0.3) is 0 Å². The van der Waals surface area contributed by atoms with Crippen molar-refractivity contribution in [1.29, 1.82) is 0 Å². The van der Waals surface area contributed by atoms with Gasteiger partial charge in [-0.1, -0.05) is 13.3 Å². The Hall–Kier alpha value is -1.09. The highest BCUT2D eigenvalue weighted by atomic mass is 16.5. The first-order chi connectivity index (χ1) is 7.67. The predicted octanol–water partition coefficient (Wildman–Crippen LogP) is 2.93. The normalized spacial score (nSPS) is 14.5. The second-order valence-electron chi connectivity index (χ2n) is 4.20. The summed E-state index contributed by atoms with van der Waals surface area (Å²) in [7, 11) is 1.65. The number of ether oxygens (including phenoxy) is 1. The maximum atomic E-state index is 5.09. The second kappa shape index (κ2) is 6.48. The van der Waals surface area contributed by atoms with Crippen molar-refractivity contribution in [2.45, 2.75) is 45.7 Å². The number of methoxy groups -OCH3 is 1. The fourth-order valence-corrected chi connectivity index (χ4v) is 1.80. The lowest BCUT2D eigenvalue weighted by Gasteiger charge is -2.19. The first-order valence-electron chi connectivity index (χ1n) is 5.93. The number of hydrogen-bond donors (Lipinski definition) is 1. The predicted molar refractivity (Wildman–Crippen MR) is 66.7 cm³/mol. The van der Waals surface area contributed by atoms with Gasteiger partial charge in [0.05, 0.1) is 19.0 Å². The first kappa shape index (κ1) is 13.0. The molecule has 1 heterocycles. The molecular weight excluding hydrogens is 200 g/mol. The smallest absolute Gasteiger partial charge is 0.137 e. The summed E-state index contributed by atoms with van der Waals surface area (Å²) in [5, 5.41) is 3.53. The van der Waals surface area contributed by atoms with Gasteiger partial charge in [-0.15, -0.1) is 0 Å². The van der Waals surface area contributed by atoms with E-state index < -0.39 is 0 Å². The van der Waals surface area contributed by atoms with Gasteiger partial charge in [0, 0.05) is 12.1 Å². The van der Waals surface area contributed by atoms with Gasteiger partial charge in [-0.2, -0.15) is 0 Å². The lowest BCUT2D eigenvalue weighted by molar-refractivity contribution is 0.410. The van der Waals surface area contributed by atoms with Crippen molar-refractivity contribution in [3.05, 3.63) is 24.0 Å².